The van der Waals surface area contributed by atoms with Crippen LogP contribution in [-0.4, -0.2) is 38.4 Å². The first kappa shape index (κ1) is 23.9. The molecule has 0 atom stereocenters. The Morgan fingerprint density at radius 1 is 1.09 bits per heavy atom. The lowest BCUT2D eigenvalue weighted by molar-refractivity contribution is -0.127. The maximum atomic E-state index is 12.7. The van der Waals surface area contributed by atoms with Crippen LogP contribution in [-0.2, 0) is 24.5 Å². The Kier molecular flexibility index (Phi) is 8.73. The number of para-hydroxylation sites is 1. The van der Waals surface area contributed by atoms with Crippen LogP contribution in [0, 0.1) is 12.8 Å². The molecule has 3 aromatic rings. The topological polar surface area (TPSA) is 60.3 Å². The van der Waals surface area contributed by atoms with E-state index in [-0.39, 0.29) is 5.91 Å². The minimum absolute atomic E-state index is 0.0658. The standard InChI is InChI=1S/C25H32N4O2S/c1-19(2)14-15-29-23(17-31-22-8-6-5-7-9-22)26-27-25(29)32-18-24(30)28(4)16-21-12-10-20(3)11-13-21/h5-13,19H,14-18H2,1-4H3. The predicted molar refractivity (Wildman–Crippen MR) is 129 cm³/mol. The molecule has 0 fully saturated rings. The zero-order valence-corrected chi connectivity index (χ0v) is 20.1. The fourth-order valence-electron chi connectivity index (χ4n) is 3.10. The smallest absolute Gasteiger partial charge is 0.233 e. The number of hydrogen-bond donors (Lipinski definition) is 0. The van der Waals surface area contributed by atoms with Gasteiger partial charge < -0.3 is 14.2 Å². The molecule has 1 amide bonds. The summed E-state index contributed by atoms with van der Waals surface area (Å²) in [5.74, 6) is 2.52. The van der Waals surface area contributed by atoms with Gasteiger partial charge in [-0.25, -0.2) is 0 Å². The summed E-state index contributed by atoms with van der Waals surface area (Å²) in [7, 11) is 1.84. The molecule has 1 aromatic heterocycles. The summed E-state index contributed by atoms with van der Waals surface area (Å²) < 4.78 is 7.97. The van der Waals surface area contributed by atoms with Gasteiger partial charge in [0.1, 0.15) is 12.4 Å². The van der Waals surface area contributed by atoms with Crippen molar-refractivity contribution < 1.29 is 9.53 Å². The van der Waals surface area contributed by atoms with Crippen molar-refractivity contribution in [1.82, 2.24) is 19.7 Å². The van der Waals surface area contributed by atoms with Crippen molar-refractivity contribution >= 4 is 17.7 Å². The zero-order valence-electron chi connectivity index (χ0n) is 19.3. The van der Waals surface area contributed by atoms with Crippen LogP contribution in [0.4, 0.5) is 0 Å². The molecular formula is C25H32N4O2S. The highest BCUT2D eigenvalue weighted by atomic mass is 32.2. The molecule has 32 heavy (non-hydrogen) atoms. The Balaban J connectivity index is 1.61. The fourth-order valence-corrected chi connectivity index (χ4v) is 4.03. The fraction of sp³-hybridized carbons (Fsp3) is 0.400. The molecule has 0 bridgehead atoms. The number of thioether (sulfide) groups is 1. The van der Waals surface area contributed by atoms with Crippen molar-refractivity contribution in [3.8, 4) is 5.75 Å². The third-order valence-electron chi connectivity index (χ3n) is 5.13. The summed E-state index contributed by atoms with van der Waals surface area (Å²) >= 11 is 1.43. The Bertz CT molecular complexity index is 987. The highest BCUT2D eigenvalue weighted by Crippen LogP contribution is 2.21. The molecule has 0 aliphatic heterocycles. The van der Waals surface area contributed by atoms with Gasteiger partial charge in [-0.05, 0) is 37.0 Å². The van der Waals surface area contributed by atoms with E-state index in [1.807, 2.05) is 37.4 Å². The van der Waals surface area contributed by atoms with Gasteiger partial charge in [0.15, 0.2) is 11.0 Å². The third-order valence-corrected chi connectivity index (χ3v) is 6.08. The molecule has 1 heterocycles. The quantitative estimate of drug-likeness (QED) is 0.385. The molecule has 7 heteroatoms. The molecule has 0 aliphatic carbocycles. The molecular weight excluding hydrogens is 420 g/mol. The van der Waals surface area contributed by atoms with Crippen LogP contribution >= 0.6 is 11.8 Å². The van der Waals surface area contributed by atoms with Gasteiger partial charge in [0.05, 0.1) is 5.75 Å². The summed E-state index contributed by atoms with van der Waals surface area (Å²) in [6, 6.07) is 18.0. The van der Waals surface area contributed by atoms with Crippen molar-refractivity contribution in [2.24, 2.45) is 5.92 Å². The molecule has 6 nitrogen and oxygen atoms in total. The molecule has 0 saturated heterocycles. The number of ether oxygens (including phenoxy) is 1. The molecule has 0 spiro atoms. The maximum absolute atomic E-state index is 12.7. The van der Waals surface area contributed by atoms with Crippen LogP contribution in [0.15, 0.2) is 59.8 Å². The van der Waals surface area contributed by atoms with E-state index in [1.54, 1.807) is 4.90 Å². The Hall–Kier alpha value is -2.80. The second kappa shape index (κ2) is 11.7. The van der Waals surface area contributed by atoms with Crippen LogP contribution < -0.4 is 4.74 Å². The SMILES string of the molecule is Cc1ccc(CN(C)C(=O)CSc2nnc(COc3ccccc3)n2CCC(C)C)cc1. The summed E-state index contributed by atoms with van der Waals surface area (Å²) in [6.07, 6.45) is 1.01. The van der Waals surface area contributed by atoms with Crippen molar-refractivity contribution in [2.75, 3.05) is 12.8 Å². The van der Waals surface area contributed by atoms with Crippen LogP contribution in [0.25, 0.3) is 0 Å². The monoisotopic (exact) mass is 452 g/mol. The van der Waals surface area contributed by atoms with E-state index in [9.17, 15) is 4.79 Å². The number of benzene rings is 2. The number of hydrogen-bond acceptors (Lipinski definition) is 5. The van der Waals surface area contributed by atoms with Gasteiger partial charge in [0.25, 0.3) is 0 Å². The van der Waals surface area contributed by atoms with Gasteiger partial charge in [-0.15, -0.1) is 10.2 Å². The largest absolute Gasteiger partial charge is 0.486 e. The van der Waals surface area contributed by atoms with Gasteiger partial charge in [-0.1, -0.05) is 73.6 Å². The van der Waals surface area contributed by atoms with Gasteiger partial charge in [0, 0.05) is 20.1 Å². The Morgan fingerprint density at radius 2 is 1.81 bits per heavy atom. The van der Waals surface area contributed by atoms with Crippen molar-refractivity contribution in [3.05, 3.63) is 71.5 Å². The lowest BCUT2D eigenvalue weighted by atomic mass is 10.1. The van der Waals surface area contributed by atoms with Crippen LogP contribution in [0.3, 0.4) is 0 Å². The third kappa shape index (κ3) is 7.12. The van der Waals surface area contributed by atoms with Gasteiger partial charge in [0.2, 0.25) is 5.91 Å². The Labute approximate surface area is 195 Å². The average Bonchev–Trinajstić information content (AvgIpc) is 3.18. The maximum Gasteiger partial charge on any atom is 0.233 e. The summed E-state index contributed by atoms with van der Waals surface area (Å²) in [6.45, 7) is 8.19. The molecule has 0 saturated carbocycles. The molecule has 0 aliphatic rings. The Morgan fingerprint density at radius 3 is 2.50 bits per heavy atom. The predicted octanol–water partition coefficient (Wildman–Crippen LogP) is 4.96. The first-order chi connectivity index (χ1) is 15.4. The van der Waals surface area contributed by atoms with Crippen molar-refractivity contribution in [2.45, 2.75) is 52.0 Å². The first-order valence-electron chi connectivity index (χ1n) is 10.9. The summed E-state index contributed by atoms with van der Waals surface area (Å²) in [5.41, 5.74) is 2.34. The summed E-state index contributed by atoms with van der Waals surface area (Å²) in [5, 5.41) is 9.47. The van der Waals surface area contributed by atoms with E-state index in [0.717, 1.165) is 35.3 Å². The first-order valence-corrected chi connectivity index (χ1v) is 11.9. The molecule has 0 unspecified atom stereocenters. The zero-order chi connectivity index (χ0) is 22.9. The van der Waals surface area contributed by atoms with Crippen LogP contribution in [0.5, 0.6) is 5.75 Å². The normalized spacial score (nSPS) is 11.0. The van der Waals surface area contributed by atoms with E-state index in [2.05, 4.69) is 59.8 Å². The molecule has 0 N–H and O–H groups in total. The molecule has 3 rings (SSSR count). The average molecular weight is 453 g/mol. The summed E-state index contributed by atoms with van der Waals surface area (Å²) in [4.78, 5) is 14.5. The highest BCUT2D eigenvalue weighted by molar-refractivity contribution is 7.99. The highest BCUT2D eigenvalue weighted by Gasteiger charge is 2.17. The van der Waals surface area contributed by atoms with Gasteiger partial charge in [-0.2, -0.15) is 0 Å². The van der Waals surface area contributed by atoms with E-state index < -0.39 is 0 Å². The van der Waals surface area contributed by atoms with Crippen molar-refractivity contribution in [1.29, 1.82) is 0 Å². The number of amides is 1. The van der Waals surface area contributed by atoms with E-state index in [1.165, 1.54) is 17.3 Å². The number of carbonyl (C=O) groups is 1. The van der Waals surface area contributed by atoms with E-state index >= 15 is 0 Å². The number of aromatic nitrogens is 3. The lowest BCUT2D eigenvalue weighted by Crippen LogP contribution is -2.28. The molecule has 2 aromatic carbocycles. The minimum Gasteiger partial charge on any atom is -0.486 e. The number of nitrogens with zero attached hydrogens (tertiary/aromatic N) is 4. The van der Waals surface area contributed by atoms with E-state index in [4.69, 9.17) is 4.74 Å². The molecule has 0 radical (unpaired) electrons. The second-order valence-corrected chi connectivity index (χ2v) is 9.30. The van der Waals surface area contributed by atoms with Crippen molar-refractivity contribution in [3.63, 3.8) is 0 Å². The van der Waals surface area contributed by atoms with Gasteiger partial charge >= 0.3 is 0 Å². The number of rotatable bonds is 11. The van der Waals surface area contributed by atoms with Crippen LogP contribution in [0.1, 0.15) is 37.2 Å². The van der Waals surface area contributed by atoms with E-state index in [0.29, 0.717) is 24.8 Å². The lowest BCUT2D eigenvalue weighted by Gasteiger charge is -2.17. The van der Waals surface area contributed by atoms with Crippen LogP contribution in [0.2, 0.25) is 0 Å². The number of carbonyl (C=O) groups excluding carboxylic acids is 1. The molecule has 170 valence electrons. The number of aryl methyl sites for hydroxylation is 1. The minimum atomic E-state index is 0.0658. The second-order valence-electron chi connectivity index (χ2n) is 8.36. The van der Waals surface area contributed by atoms with Gasteiger partial charge in [-0.3, -0.25) is 4.79 Å².